The Morgan fingerprint density at radius 1 is 1.03 bits per heavy atom. The van der Waals surface area contributed by atoms with Gasteiger partial charge in [-0.2, -0.15) is 10.4 Å². The summed E-state index contributed by atoms with van der Waals surface area (Å²) in [6.45, 7) is 1.79. The second-order valence-corrected chi connectivity index (χ2v) is 9.31. The Morgan fingerprint density at radius 2 is 1.75 bits per heavy atom. The van der Waals surface area contributed by atoms with Crippen molar-refractivity contribution in [2.75, 3.05) is 4.90 Å². The van der Waals surface area contributed by atoms with Gasteiger partial charge in [0.1, 0.15) is 17.1 Å². The van der Waals surface area contributed by atoms with Crippen LogP contribution >= 0.6 is 23.2 Å². The lowest BCUT2D eigenvalue weighted by atomic mass is 9.69. The van der Waals surface area contributed by atoms with Crippen molar-refractivity contribution >= 4 is 40.5 Å². The van der Waals surface area contributed by atoms with Gasteiger partial charge in [-0.1, -0.05) is 59.6 Å². The van der Waals surface area contributed by atoms with Crippen LogP contribution in [-0.4, -0.2) is 15.7 Å². The van der Waals surface area contributed by atoms with Crippen LogP contribution in [0.5, 0.6) is 5.88 Å². The molecule has 2 aliphatic heterocycles. The van der Waals surface area contributed by atoms with Crippen molar-refractivity contribution < 1.29 is 9.53 Å². The Hall–Kier alpha value is -4.25. The first-order valence-corrected chi connectivity index (χ1v) is 11.8. The van der Waals surface area contributed by atoms with E-state index in [4.69, 9.17) is 38.8 Å². The number of hydrogen-bond donors (Lipinski definition) is 1. The maximum Gasteiger partial charge on any atom is 0.252 e. The topological polar surface area (TPSA) is 97.2 Å². The van der Waals surface area contributed by atoms with Crippen LogP contribution in [0.25, 0.3) is 5.69 Å². The number of halogens is 2. The molecule has 0 aliphatic carbocycles. The summed E-state index contributed by atoms with van der Waals surface area (Å²) in [7, 11) is 0. The number of aromatic nitrogens is 2. The molecule has 9 heteroatoms. The van der Waals surface area contributed by atoms with Crippen LogP contribution in [0.2, 0.25) is 10.0 Å². The van der Waals surface area contributed by atoms with Gasteiger partial charge in [0.15, 0.2) is 0 Å². The number of carbonyl (C=O) groups is 1. The molecule has 3 heterocycles. The van der Waals surface area contributed by atoms with E-state index in [1.165, 1.54) is 4.90 Å². The molecular weight excluding hydrogens is 497 g/mol. The molecule has 1 atom stereocenters. The Balaban J connectivity index is 1.71. The molecule has 7 nitrogen and oxygen atoms in total. The summed E-state index contributed by atoms with van der Waals surface area (Å²) >= 11 is 12.7. The number of para-hydroxylation sites is 2. The zero-order valence-corrected chi connectivity index (χ0v) is 20.4. The lowest BCUT2D eigenvalue weighted by molar-refractivity contribution is -0.120. The maximum atomic E-state index is 14.7. The van der Waals surface area contributed by atoms with Crippen molar-refractivity contribution in [2.24, 2.45) is 5.73 Å². The van der Waals surface area contributed by atoms with Gasteiger partial charge >= 0.3 is 0 Å². The number of nitrogens with zero attached hydrogens (tertiary/aromatic N) is 4. The quantitative estimate of drug-likeness (QED) is 0.379. The van der Waals surface area contributed by atoms with E-state index in [2.05, 4.69) is 6.07 Å². The number of fused-ring (bicyclic) bond motifs is 4. The molecule has 1 unspecified atom stereocenters. The largest absolute Gasteiger partial charge is 0.422 e. The first-order valence-electron chi connectivity index (χ1n) is 11.0. The van der Waals surface area contributed by atoms with Crippen LogP contribution in [0.4, 0.5) is 11.4 Å². The number of hydrogen-bond acceptors (Lipinski definition) is 5. The van der Waals surface area contributed by atoms with E-state index in [0.29, 0.717) is 38.2 Å². The molecule has 1 aromatic heterocycles. The second-order valence-electron chi connectivity index (χ2n) is 8.47. The van der Waals surface area contributed by atoms with Gasteiger partial charge in [0.2, 0.25) is 11.8 Å². The highest BCUT2D eigenvalue weighted by Gasteiger charge is 2.61. The number of carbonyl (C=O) groups excluding carboxylic acids is 1. The molecule has 2 aliphatic rings. The van der Waals surface area contributed by atoms with Crippen molar-refractivity contribution in [3.63, 3.8) is 0 Å². The number of ether oxygens (including phenoxy) is 1. The normalized spacial score (nSPS) is 18.2. The van der Waals surface area contributed by atoms with Gasteiger partial charge in [-0.25, -0.2) is 4.68 Å². The van der Waals surface area contributed by atoms with Gasteiger partial charge in [0, 0.05) is 10.6 Å². The molecule has 4 aromatic rings. The molecule has 36 heavy (non-hydrogen) atoms. The van der Waals surface area contributed by atoms with Gasteiger partial charge in [-0.15, -0.1) is 0 Å². The highest BCUT2D eigenvalue weighted by molar-refractivity contribution is 6.37. The number of nitrogens with two attached hydrogens (primary N) is 1. The molecule has 0 saturated carbocycles. The van der Waals surface area contributed by atoms with Crippen molar-refractivity contribution in [3.05, 3.63) is 111 Å². The molecular formula is C27H17Cl2N5O2. The Morgan fingerprint density at radius 3 is 2.47 bits per heavy atom. The van der Waals surface area contributed by atoms with Gasteiger partial charge in [0.25, 0.3) is 5.91 Å². The van der Waals surface area contributed by atoms with E-state index in [9.17, 15) is 10.1 Å². The predicted molar refractivity (Wildman–Crippen MR) is 137 cm³/mol. The van der Waals surface area contributed by atoms with Crippen molar-refractivity contribution in [1.29, 1.82) is 5.26 Å². The van der Waals surface area contributed by atoms with Crippen molar-refractivity contribution in [2.45, 2.75) is 12.3 Å². The number of anilines is 2. The van der Waals surface area contributed by atoms with Gasteiger partial charge in [-0.05, 0) is 43.3 Å². The molecule has 0 radical (unpaired) electrons. The van der Waals surface area contributed by atoms with Crippen LogP contribution in [0, 0.1) is 18.3 Å². The number of aryl methyl sites for hydroxylation is 1. The summed E-state index contributed by atoms with van der Waals surface area (Å²) in [5, 5.41) is 15.7. The van der Waals surface area contributed by atoms with E-state index in [-0.39, 0.29) is 17.3 Å². The lowest BCUT2D eigenvalue weighted by Crippen LogP contribution is -2.45. The molecule has 1 amide bonds. The smallest absolute Gasteiger partial charge is 0.252 e. The van der Waals surface area contributed by atoms with E-state index < -0.39 is 11.3 Å². The molecule has 0 fully saturated rings. The highest BCUT2D eigenvalue weighted by atomic mass is 35.5. The zero-order chi connectivity index (χ0) is 25.2. The maximum absolute atomic E-state index is 14.7. The zero-order valence-electron chi connectivity index (χ0n) is 18.9. The Kier molecular flexibility index (Phi) is 4.87. The Bertz CT molecular complexity index is 1650. The van der Waals surface area contributed by atoms with Crippen molar-refractivity contribution in [1.82, 2.24) is 9.78 Å². The number of amides is 1. The third kappa shape index (κ3) is 2.80. The summed E-state index contributed by atoms with van der Waals surface area (Å²) in [4.78, 5) is 16.2. The van der Waals surface area contributed by atoms with Crippen LogP contribution in [-0.2, 0) is 10.2 Å². The van der Waals surface area contributed by atoms with Crippen LogP contribution in [0.15, 0.2) is 84.3 Å². The summed E-state index contributed by atoms with van der Waals surface area (Å²) in [5.74, 6) is -0.288. The van der Waals surface area contributed by atoms with Crippen molar-refractivity contribution in [3.8, 4) is 17.6 Å². The first kappa shape index (κ1) is 22.2. The minimum absolute atomic E-state index is 0.00394. The SMILES string of the molecule is Cc1nn(-c2ccccc2)c2c1C1(C(=O)N(c3ccc(Cl)cc3Cl)c3ccccc31)C(C#N)=C(N)O2. The van der Waals surface area contributed by atoms with E-state index >= 15 is 0 Å². The third-order valence-electron chi connectivity index (χ3n) is 6.56. The van der Waals surface area contributed by atoms with Gasteiger partial charge in [-0.3, -0.25) is 9.69 Å². The molecule has 6 rings (SSSR count). The first-order chi connectivity index (χ1) is 17.4. The average Bonchev–Trinajstić information content (AvgIpc) is 3.33. The van der Waals surface area contributed by atoms with E-state index in [0.717, 1.165) is 5.69 Å². The molecule has 1 spiro atoms. The monoisotopic (exact) mass is 513 g/mol. The molecule has 0 bridgehead atoms. The fourth-order valence-electron chi connectivity index (χ4n) is 5.14. The average molecular weight is 514 g/mol. The minimum atomic E-state index is -1.58. The van der Waals surface area contributed by atoms with Crippen LogP contribution in [0.1, 0.15) is 16.8 Å². The molecule has 0 saturated heterocycles. The number of rotatable bonds is 2. The lowest BCUT2D eigenvalue weighted by Gasteiger charge is -2.33. The highest BCUT2D eigenvalue weighted by Crippen LogP contribution is 2.58. The second kappa shape index (κ2) is 7.89. The molecule has 176 valence electrons. The number of benzene rings is 3. The van der Waals surface area contributed by atoms with Crippen LogP contribution in [0.3, 0.4) is 0 Å². The minimum Gasteiger partial charge on any atom is -0.422 e. The molecule has 3 aromatic carbocycles. The summed E-state index contributed by atoms with van der Waals surface area (Å²) in [6.07, 6.45) is 0. The number of nitriles is 1. The fourth-order valence-corrected chi connectivity index (χ4v) is 5.64. The Labute approximate surface area is 216 Å². The van der Waals surface area contributed by atoms with Gasteiger partial charge < -0.3 is 10.5 Å². The van der Waals surface area contributed by atoms with E-state index in [1.54, 1.807) is 29.8 Å². The van der Waals surface area contributed by atoms with Gasteiger partial charge in [0.05, 0.1) is 33.3 Å². The fraction of sp³-hybridized carbons (Fsp3) is 0.0741. The summed E-state index contributed by atoms with van der Waals surface area (Å²) in [5.41, 5.74) is 8.07. The summed E-state index contributed by atoms with van der Waals surface area (Å²) < 4.78 is 7.59. The third-order valence-corrected chi connectivity index (χ3v) is 7.09. The predicted octanol–water partition coefficient (Wildman–Crippen LogP) is 5.54. The standard InChI is InChI=1S/C27H17Cl2N5O2/c1-15-23-25(34(32-15)17-7-3-2-4-8-17)36-24(31)19(14-30)27(23)18-9-5-6-10-21(18)33(26(27)35)22-12-11-16(28)13-20(22)29/h2-13H,31H2,1H3. The summed E-state index contributed by atoms with van der Waals surface area (Å²) in [6, 6.07) is 23.7. The molecule has 2 N–H and O–H groups in total. The van der Waals surface area contributed by atoms with Crippen LogP contribution < -0.4 is 15.4 Å². The van der Waals surface area contributed by atoms with E-state index in [1.807, 2.05) is 54.6 Å².